The molecular formula is C8H6ClNO2. The standard InChI is InChI=1S/C8H6ClNO2/c9-8-6(2-1-5-10-8)3-4-7(11)12/h1-5H,(H,11,12)/b4-3+. The quantitative estimate of drug-likeness (QED) is 0.562. The summed E-state index contributed by atoms with van der Waals surface area (Å²) >= 11 is 5.65. The normalized spacial score (nSPS) is 10.4. The van der Waals surface area contributed by atoms with Crippen molar-refractivity contribution in [1.29, 1.82) is 0 Å². The molecule has 4 heteroatoms. The van der Waals surface area contributed by atoms with Crippen molar-refractivity contribution in [3.05, 3.63) is 35.1 Å². The lowest BCUT2D eigenvalue weighted by Crippen LogP contribution is -1.86. The maximum atomic E-state index is 10.1. The van der Waals surface area contributed by atoms with Gasteiger partial charge in [-0.05, 0) is 12.1 Å². The number of rotatable bonds is 2. The number of carboxylic acids is 1. The Hall–Kier alpha value is -1.35. The number of aliphatic carboxylic acids is 1. The molecule has 1 rings (SSSR count). The molecule has 0 unspecified atom stereocenters. The van der Waals surface area contributed by atoms with Crippen LogP contribution in [0.4, 0.5) is 0 Å². The topological polar surface area (TPSA) is 50.2 Å². The Labute approximate surface area is 74.3 Å². The van der Waals surface area contributed by atoms with E-state index in [1.165, 1.54) is 6.08 Å². The minimum absolute atomic E-state index is 0.301. The van der Waals surface area contributed by atoms with Crippen molar-refractivity contribution in [3.8, 4) is 0 Å². The maximum absolute atomic E-state index is 10.1. The summed E-state index contributed by atoms with van der Waals surface area (Å²) < 4.78 is 0. The highest BCUT2D eigenvalue weighted by Crippen LogP contribution is 2.12. The molecule has 1 N–H and O–H groups in total. The Morgan fingerprint density at radius 2 is 2.42 bits per heavy atom. The summed E-state index contributed by atoms with van der Waals surface area (Å²) in [5.74, 6) is -1.00. The number of hydrogen-bond donors (Lipinski definition) is 1. The van der Waals surface area contributed by atoms with Crippen LogP contribution in [0.1, 0.15) is 5.56 Å². The van der Waals surface area contributed by atoms with E-state index in [1.807, 2.05) is 0 Å². The summed E-state index contributed by atoms with van der Waals surface area (Å²) in [4.78, 5) is 13.9. The third kappa shape index (κ3) is 2.36. The van der Waals surface area contributed by atoms with Gasteiger partial charge in [0.1, 0.15) is 5.15 Å². The number of nitrogens with zero attached hydrogens (tertiary/aromatic N) is 1. The van der Waals surface area contributed by atoms with E-state index in [9.17, 15) is 4.79 Å². The summed E-state index contributed by atoms with van der Waals surface area (Å²) in [7, 11) is 0. The Bertz CT molecular complexity index is 323. The van der Waals surface area contributed by atoms with Crippen LogP contribution in [0.15, 0.2) is 24.4 Å². The summed E-state index contributed by atoms with van der Waals surface area (Å²) in [6, 6.07) is 3.38. The molecule has 1 aromatic rings. The first-order valence-corrected chi connectivity index (χ1v) is 3.59. The van der Waals surface area contributed by atoms with Gasteiger partial charge in [-0.2, -0.15) is 0 Å². The van der Waals surface area contributed by atoms with E-state index in [-0.39, 0.29) is 0 Å². The molecule has 0 aliphatic heterocycles. The smallest absolute Gasteiger partial charge is 0.328 e. The van der Waals surface area contributed by atoms with Gasteiger partial charge >= 0.3 is 5.97 Å². The minimum atomic E-state index is -1.00. The van der Waals surface area contributed by atoms with Crippen molar-refractivity contribution < 1.29 is 9.90 Å². The molecule has 0 spiro atoms. The lowest BCUT2D eigenvalue weighted by molar-refractivity contribution is -0.131. The number of pyridine rings is 1. The highest BCUT2D eigenvalue weighted by atomic mass is 35.5. The van der Waals surface area contributed by atoms with Crippen LogP contribution in [0.5, 0.6) is 0 Å². The fourth-order valence-electron chi connectivity index (χ4n) is 0.684. The largest absolute Gasteiger partial charge is 0.478 e. The molecule has 0 radical (unpaired) electrons. The molecule has 0 saturated carbocycles. The van der Waals surface area contributed by atoms with Crippen LogP contribution in [0.3, 0.4) is 0 Å². The summed E-state index contributed by atoms with van der Waals surface area (Å²) in [5, 5.41) is 8.62. The van der Waals surface area contributed by atoms with Crippen molar-refractivity contribution in [2.45, 2.75) is 0 Å². The van der Waals surface area contributed by atoms with Gasteiger partial charge in [0.05, 0.1) is 0 Å². The number of hydrogen-bond acceptors (Lipinski definition) is 2. The average molecular weight is 184 g/mol. The second-order valence-electron chi connectivity index (χ2n) is 2.06. The average Bonchev–Trinajstić information content (AvgIpc) is 2.03. The van der Waals surface area contributed by atoms with Crippen LogP contribution in [-0.2, 0) is 4.79 Å². The summed E-state index contributed by atoms with van der Waals surface area (Å²) in [6.45, 7) is 0. The first-order chi connectivity index (χ1) is 5.70. The zero-order valence-corrected chi connectivity index (χ0v) is 6.82. The van der Waals surface area contributed by atoms with Gasteiger partial charge in [0.2, 0.25) is 0 Å². The molecule has 0 fully saturated rings. The molecule has 12 heavy (non-hydrogen) atoms. The number of aromatic nitrogens is 1. The van der Waals surface area contributed by atoms with E-state index in [0.717, 1.165) is 6.08 Å². The van der Waals surface area contributed by atoms with Gasteiger partial charge in [-0.1, -0.05) is 17.7 Å². The van der Waals surface area contributed by atoms with Gasteiger partial charge in [-0.25, -0.2) is 9.78 Å². The van der Waals surface area contributed by atoms with Crippen molar-refractivity contribution in [2.24, 2.45) is 0 Å². The molecule has 0 saturated heterocycles. The van der Waals surface area contributed by atoms with E-state index in [1.54, 1.807) is 18.3 Å². The molecule has 3 nitrogen and oxygen atoms in total. The fraction of sp³-hybridized carbons (Fsp3) is 0. The van der Waals surface area contributed by atoms with E-state index >= 15 is 0 Å². The zero-order chi connectivity index (χ0) is 8.97. The first kappa shape index (κ1) is 8.74. The Morgan fingerprint density at radius 1 is 1.67 bits per heavy atom. The van der Waals surface area contributed by atoms with Crippen LogP contribution in [0.25, 0.3) is 6.08 Å². The van der Waals surface area contributed by atoms with Crippen LogP contribution in [0.2, 0.25) is 5.15 Å². The molecule has 62 valence electrons. The Morgan fingerprint density at radius 3 is 3.00 bits per heavy atom. The van der Waals surface area contributed by atoms with Gasteiger partial charge in [0.25, 0.3) is 0 Å². The summed E-state index contributed by atoms with van der Waals surface area (Å²) in [5.41, 5.74) is 0.599. The minimum Gasteiger partial charge on any atom is -0.478 e. The second kappa shape index (κ2) is 3.88. The second-order valence-corrected chi connectivity index (χ2v) is 2.41. The molecule has 0 amide bonds. The molecule has 0 aliphatic carbocycles. The highest BCUT2D eigenvalue weighted by Gasteiger charge is 1.95. The molecular weight excluding hydrogens is 178 g/mol. The molecule has 0 aromatic carbocycles. The van der Waals surface area contributed by atoms with Gasteiger partial charge in [-0.3, -0.25) is 0 Å². The van der Waals surface area contributed by atoms with Crippen LogP contribution in [0, 0.1) is 0 Å². The van der Waals surface area contributed by atoms with E-state index in [4.69, 9.17) is 16.7 Å². The number of halogens is 1. The van der Waals surface area contributed by atoms with Crippen molar-refractivity contribution in [3.63, 3.8) is 0 Å². The molecule has 0 aliphatic rings. The van der Waals surface area contributed by atoms with Gasteiger partial charge in [0, 0.05) is 17.8 Å². The SMILES string of the molecule is O=C(O)/C=C/c1cccnc1Cl. The monoisotopic (exact) mass is 183 g/mol. The number of carboxylic acid groups (broad SMARTS) is 1. The molecule has 0 atom stereocenters. The van der Waals surface area contributed by atoms with Crippen LogP contribution >= 0.6 is 11.6 Å². The van der Waals surface area contributed by atoms with Crippen molar-refractivity contribution in [1.82, 2.24) is 4.98 Å². The first-order valence-electron chi connectivity index (χ1n) is 3.21. The summed E-state index contributed by atoms with van der Waals surface area (Å²) in [6.07, 6.45) is 3.96. The van der Waals surface area contributed by atoms with E-state index < -0.39 is 5.97 Å². The lowest BCUT2D eigenvalue weighted by atomic mass is 10.2. The van der Waals surface area contributed by atoms with Gasteiger partial charge in [-0.15, -0.1) is 0 Å². The van der Waals surface area contributed by atoms with Crippen LogP contribution < -0.4 is 0 Å². The van der Waals surface area contributed by atoms with Gasteiger partial charge in [0.15, 0.2) is 0 Å². The molecule has 0 bridgehead atoms. The van der Waals surface area contributed by atoms with Crippen molar-refractivity contribution >= 4 is 23.6 Å². The fourth-order valence-corrected chi connectivity index (χ4v) is 0.866. The third-order valence-corrected chi connectivity index (χ3v) is 1.51. The Kier molecular flexibility index (Phi) is 2.82. The highest BCUT2D eigenvalue weighted by molar-refractivity contribution is 6.30. The van der Waals surface area contributed by atoms with Gasteiger partial charge < -0.3 is 5.11 Å². The zero-order valence-electron chi connectivity index (χ0n) is 6.07. The Balaban J connectivity index is 2.89. The molecule has 1 heterocycles. The lowest BCUT2D eigenvalue weighted by Gasteiger charge is -1.93. The maximum Gasteiger partial charge on any atom is 0.328 e. The predicted molar refractivity (Wildman–Crippen MR) is 45.9 cm³/mol. The predicted octanol–water partition coefficient (Wildman–Crippen LogP) is 1.83. The van der Waals surface area contributed by atoms with E-state index in [2.05, 4.69) is 4.98 Å². The van der Waals surface area contributed by atoms with E-state index in [0.29, 0.717) is 10.7 Å². The van der Waals surface area contributed by atoms with Crippen molar-refractivity contribution in [2.75, 3.05) is 0 Å². The molecule has 1 aromatic heterocycles. The van der Waals surface area contributed by atoms with Crippen LogP contribution in [-0.4, -0.2) is 16.1 Å². The number of carbonyl (C=O) groups is 1. The third-order valence-electron chi connectivity index (χ3n) is 1.19.